The number of rotatable bonds is 4. The summed E-state index contributed by atoms with van der Waals surface area (Å²) in [6.45, 7) is 0.485. The fraction of sp³-hybridized carbons (Fsp3) is 0.273. The number of aromatic nitrogens is 2. The maximum atomic E-state index is 6.00. The van der Waals surface area contributed by atoms with Gasteiger partial charge >= 0.3 is 0 Å². The number of anilines is 1. The number of benzene rings is 1. The van der Waals surface area contributed by atoms with Gasteiger partial charge in [0, 0.05) is 30.6 Å². The Balaban J connectivity index is 2.24. The van der Waals surface area contributed by atoms with E-state index < -0.39 is 0 Å². The molecule has 0 aliphatic heterocycles. The zero-order valence-corrected chi connectivity index (χ0v) is 12.4. The summed E-state index contributed by atoms with van der Waals surface area (Å²) in [5, 5.41) is 9.83. The first-order valence-electron chi connectivity index (χ1n) is 5.27. The van der Waals surface area contributed by atoms with Crippen LogP contribution in [0.1, 0.15) is 5.56 Å². The second-order valence-electron chi connectivity index (χ2n) is 3.80. The highest BCUT2D eigenvalue weighted by molar-refractivity contribution is 8.01. The lowest BCUT2D eigenvalue weighted by molar-refractivity contribution is 0.970. The lowest BCUT2D eigenvalue weighted by atomic mass is 10.2. The van der Waals surface area contributed by atoms with Gasteiger partial charge in [-0.2, -0.15) is 0 Å². The van der Waals surface area contributed by atoms with Crippen molar-refractivity contribution in [3.8, 4) is 0 Å². The summed E-state index contributed by atoms with van der Waals surface area (Å²) < 4.78 is 0.885. The van der Waals surface area contributed by atoms with Gasteiger partial charge in [-0.25, -0.2) is 0 Å². The first kappa shape index (κ1) is 13.6. The topological polar surface area (TPSA) is 55.0 Å². The second-order valence-corrected chi connectivity index (χ2v) is 6.48. The average Bonchev–Trinajstić information content (AvgIpc) is 2.78. The molecule has 2 aromatic rings. The van der Waals surface area contributed by atoms with Crippen molar-refractivity contribution in [3.05, 3.63) is 28.8 Å². The van der Waals surface area contributed by atoms with Gasteiger partial charge in [0.25, 0.3) is 0 Å². The molecule has 2 N–H and O–H groups in total. The van der Waals surface area contributed by atoms with Gasteiger partial charge < -0.3 is 10.6 Å². The normalized spacial score (nSPS) is 10.7. The zero-order chi connectivity index (χ0) is 13.1. The maximum absolute atomic E-state index is 6.00. The molecule has 1 aromatic heterocycles. The number of halogens is 1. The van der Waals surface area contributed by atoms with E-state index in [9.17, 15) is 0 Å². The van der Waals surface area contributed by atoms with E-state index in [0.29, 0.717) is 11.6 Å². The molecule has 2 rings (SSSR count). The van der Waals surface area contributed by atoms with Gasteiger partial charge in [0.15, 0.2) is 4.34 Å². The lowest BCUT2D eigenvalue weighted by Gasteiger charge is -2.06. The average molecular weight is 301 g/mol. The molecule has 96 valence electrons. The number of hydrogen-bond acceptors (Lipinski definition) is 6. The van der Waals surface area contributed by atoms with E-state index in [0.717, 1.165) is 19.9 Å². The number of hydrogen-bond donors (Lipinski definition) is 1. The SMILES string of the molecule is CN(C)c1nnc(Sc2cc(Cl)ccc2CN)s1. The molecule has 1 aromatic carbocycles. The maximum Gasteiger partial charge on any atom is 0.208 e. The van der Waals surface area contributed by atoms with Crippen molar-refractivity contribution < 1.29 is 0 Å². The van der Waals surface area contributed by atoms with Gasteiger partial charge in [0.2, 0.25) is 5.13 Å². The van der Waals surface area contributed by atoms with Crippen LogP contribution in [0.3, 0.4) is 0 Å². The summed E-state index contributed by atoms with van der Waals surface area (Å²) in [7, 11) is 3.89. The molecule has 1 heterocycles. The Bertz CT molecular complexity index is 542. The molecule has 0 spiro atoms. The molecule has 7 heteroatoms. The Morgan fingerprint density at radius 1 is 1.39 bits per heavy atom. The summed E-state index contributed by atoms with van der Waals surface area (Å²) in [4.78, 5) is 2.97. The van der Waals surface area contributed by atoms with Crippen molar-refractivity contribution in [2.75, 3.05) is 19.0 Å². The zero-order valence-electron chi connectivity index (χ0n) is 10.1. The van der Waals surface area contributed by atoms with E-state index in [-0.39, 0.29) is 0 Å². The minimum absolute atomic E-state index is 0.485. The van der Waals surface area contributed by atoms with E-state index >= 15 is 0 Å². The van der Waals surface area contributed by atoms with Crippen molar-refractivity contribution in [2.45, 2.75) is 15.8 Å². The molecule has 0 aliphatic rings. The van der Waals surface area contributed by atoms with Crippen molar-refractivity contribution in [1.29, 1.82) is 0 Å². The summed E-state index contributed by atoms with van der Waals surface area (Å²) in [5.74, 6) is 0. The monoisotopic (exact) mass is 300 g/mol. The summed E-state index contributed by atoms with van der Waals surface area (Å²) in [6, 6.07) is 5.70. The largest absolute Gasteiger partial charge is 0.353 e. The first-order valence-corrected chi connectivity index (χ1v) is 7.28. The summed E-state index contributed by atoms with van der Waals surface area (Å²) in [6.07, 6.45) is 0. The minimum Gasteiger partial charge on any atom is -0.353 e. The van der Waals surface area contributed by atoms with E-state index in [1.807, 2.05) is 37.2 Å². The highest BCUT2D eigenvalue weighted by Crippen LogP contribution is 2.35. The van der Waals surface area contributed by atoms with Crippen molar-refractivity contribution >= 4 is 39.8 Å². The van der Waals surface area contributed by atoms with Crippen LogP contribution in [-0.2, 0) is 6.54 Å². The van der Waals surface area contributed by atoms with Gasteiger partial charge in [0.05, 0.1) is 0 Å². The van der Waals surface area contributed by atoms with Crippen LogP contribution < -0.4 is 10.6 Å². The Kier molecular flexibility index (Phi) is 4.45. The minimum atomic E-state index is 0.485. The molecule has 0 saturated heterocycles. The third kappa shape index (κ3) is 3.14. The summed E-state index contributed by atoms with van der Waals surface area (Å²) in [5.41, 5.74) is 6.77. The van der Waals surface area contributed by atoms with Gasteiger partial charge in [-0.1, -0.05) is 40.8 Å². The van der Waals surface area contributed by atoms with Crippen LogP contribution >= 0.6 is 34.7 Å². The summed E-state index contributed by atoms with van der Waals surface area (Å²) >= 11 is 9.09. The molecule has 0 bridgehead atoms. The van der Waals surface area contributed by atoms with Gasteiger partial charge in [-0.15, -0.1) is 10.2 Å². The highest BCUT2D eigenvalue weighted by Gasteiger charge is 2.10. The number of nitrogens with zero attached hydrogens (tertiary/aromatic N) is 3. The van der Waals surface area contributed by atoms with E-state index in [2.05, 4.69) is 10.2 Å². The molecule has 0 saturated carbocycles. The Labute approximate surface area is 119 Å². The van der Waals surface area contributed by atoms with Crippen molar-refractivity contribution in [3.63, 3.8) is 0 Å². The lowest BCUT2D eigenvalue weighted by Crippen LogP contribution is -2.07. The Hall–Kier alpha value is -0.820. The molecule has 0 aliphatic carbocycles. The number of nitrogens with two attached hydrogens (primary N) is 1. The van der Waals surface area contributed by atoms with Crippen LogP contribution in [0.4, 0.5) is 5.13 Å². The third-order valence-electron chi connectivity index (χ3n) is 2.22. The van der Waals surface area contributed by atoms with Crippen LogP contribution in [-0.4, -0.2) is 24.3 Å². The van der Waals surface area contributed by atoms with E-state index in [1.54, 1.807) is 23.1 Å². The first-order chi connectivity index (χ1) is 8.60. The molecular formula is C11H13ClN4S2. The molecule has 18 heavy (non-hydrogen) atoms. The Morgan fingerprint density at radius 2 is 2.17 bits per heavy atom. The smallest absolute Gasteiger partial charge is 0.208 e. The van der Waals surface area contributed by atoms with Crippen LogP contribution in [0.2, 0.25) is 5.02 Å². The van der Waals surface area contributed by atoms with E-state index in [1.165, 1.54) is 0 Å². The molecule has 0 unspecified atom stereocenters. The van der Waals surface area contributed by atoms with Crippen LogP contribution in [0.15, 0.2) is 27.4 Å². The highest BCUT2D eigenvalue weighted by atomic mass is 35.5. The van der Waals surface area contributed by atoms with Crippen LogP contribution in [0, 0.1) is 0 Å². The second kappa shape index (κ2) is 5.88. The predicted octanol–water partition coefficient (Wildman–Crippen LogP) is 2.87. The molecule has 0 amide bonds. The quantitative estimate of drug-likeness (QED) is 0.941. The fourth-order valence-corrected chi connectivity index (χ4v) is 3.45. The molecule has 4 nitrogen and oxygen atoms in total. The van der Waals surface area contributed by atoms with Gasteiger partial charge in [0.1, 0.15) is 0 Å². The van der Waals surface area contributed by atoms with Crippen LogP contribution in [0.5, 0.6) is 0 Å². The van der Waals surface area contributed by atoms with Gasteiger partial charge in [-0.05, 0) is 17.7 Å². The van der Waals surface area contributed by atoms with Crippen molar-refractivity contribution in [2.24, 2.45) is 5.73 Å². The molecule has 0 fully saturated rings. The van der Waals surface area contributed by atoms with Gasteiger partial charge in [-0.3, -0.25) is 0 Å². The van der Waals surface area contributed by atoms with Crippen LogP contribution in [0.25, 0.3) is 0 Å². The Morgan fingerprint density at radius 3 is 2.78 bits per heavy atom. The van der Waals surface area contributed by atoms with E-state index in [4.69, 9.17) is 17.3 Å². The molecule has 0 radical (unpaired) electrons. The third-order valence-corrected chi connectivity index (χ3v) is 4.70. The molecular weight excluding hydrogens is 288 g/mol. The predicted molar refractivity (Wildman–Crippen MR) is 77.7 cm³/mol. The standard InChI is InChI=1S/C11H13ClN4S2/c1-16(2)10-14-15-11(18-10)17-9-5-8(12)4-3-7(9)6-13/h3-5H,6,13H2,1-2H3. The fourth-order valence-electron chi connectivity index (χ4n) is 1.31. The van der Waals surface area contributed by atoms with Crippen molar-refractivity contribution in [1.82, 2.24) is 10.2 Å². The molecule has 0 atom stereocenters.